The molecule has 0 aliphatic carbocycles. The van der Waals surface area contributed by atoms with Gasteiger partial charge in [0.05, 0.1) is 24.9 Å². The first-order valence-electron chi connectivity index (χ1n) is 9.01. The molecule has 0 bridgehead atoms. The van der Waals surface area contributed by atoms with E-state index in [2.05, 4.69) is 38.6 Å². The lowest BCUT2D eigenvalue weighted by Crippen LogP contribution is -2.42. The summed E-state index contributed by atoms with van der Waals surface area (Å²) < 4.78 is 5.37. The van der Waals surface area contributed by atoms with Crippen LogP contribution in [0.5, 0.6) is 0 Å². The second-order valence-electron chi connectivity index (χ2n) is 6.87. The van der Waals surface area contributed by atoms with Gasteiger partial charge in [-0.15, -0.1) is 0 Å². The average molecular weight is 343 g/mol. The molecule has 0 radical (unpaired) electrons. The fraction of sp³-hybridized carbons (Fsp3) is 0.556. The van der Waals surface area contributed by atoms with Crippen LogP contribution >= 0.6 is 0 Å². The van der Waals surface area contributed by atoms with Crippen molar-refractivity contribution in [2.45, 2.75) is 19.0 Å². The van der Waals surface area contributed by atoms with Gasteiger partial charge in [0.1, 0.15) is 0 Å². The molecule has 134 valence electrons. The summed E-state index contributed by atoms with van der Waals surface area (Å²) in [5.41, 5.74) is 2.25. The Bertz CT molecular complexity index is 725. The van der Waals surface area contributed by atoms with Crippen LogP contribution in [0.2, 0.25) is 0 Å². The Morgan fingerprint density at radius 3 is 3.04 bits per heavy atom. The molecule has 0 saturated carbocycles. The zero-order valence-corrected chi connectivity index (χ0v) is 14.4. The maximum Gasteiger partial charge on any atom is 0.224 e. The van der Waals surface area contributed by atoms with E-state index in [1.807, 2.05) is 11.1 Å². The molecule has 2 aliphatic rings. The molecule has 0 unspecified atom stereocenters. The number of nitrogens with one attached hydrogen (secondary N) is 2. The van der Waals surface area contributed by atoms with Crippen molar-refractivity contribution in [1.82, 2.24) is 25.3 Å². The van der Waals surface area contributed by atoms with Gasteiger partial charge in [0.15, 0.2) is 0 Å². The van der Waals surface area contributed by atoms with Crippen molar-refractivity contribution in [1.29, 1.82) is 0 Å². The number of amides is 1. The summed E-state index contributed by atoms with van der Waals surface area (Å²) in [7, 11) is 0. The average Bonchev–Trinajstić information content (AvgIpc) is 3.25. The number of carbonyl (C=O) groups excluding carboxylic acids is 1. The molecular formula is C18H25N5O2. The van der Waals surface area contributed by atoms with Crippen LogP contribution in [-0.2, 0) is 16.1 Å². The summed E-state index contributed by atoms with van der Waals surface area (Å²) in [4.78, 5) is 16.6. The highest BCUT2D eigenvalue weighted by molar-refractivity contribution is 5.79. The van der Waals surface area contributed by atoms with E-state index in [0.29, 0.717) is 6.42 Å². The summed E-state index contributed by atoms with van der Waals surface area (Å²) in [5.74, 6) is 0.259. The number of ether oxygens (including phenoxy) is 1. The quantitative estimate of drug-likeness (QED) is 0.803. The lowest BCUT2D eigenvalue weighted by atomic mass is 10.1. The van der Waals surface area contributed by atoms with E-state index in [-0.39, 0.29) is 11.9 Å². The first kappa shape index (κ1) is 16.5. The van der Waals surface area contributed by atoms with E-state index in [0.717, 1.165) is 63.4 Å². The monoisotopic (exact) mass is 343 g/mol. The van der Waals surface area contributed by atoms with Crippen LogP contribution in [0.25, 0.3) is 10.9 Å². The SMILES string of the molecule is O=C1C[C@@H](NCc2ccc3cn[nH]c3c2)CN1CCN1CCOCC1. The molecule has 4 rings (SSSR count). The van der Waals surface area contributed by atoms with Crippen LogP contribution in [0.15, 0.2) is 24.4 Å². The normalized spacial score (nSPS) is 22.2. The molecule has 3 heterocycles. The fourth-order valence-corrected chi connectivity index (χ4v) is 3.57. The Hall–Kier alpha value is -1.96. The van der Waals surface area contributed by atoms with Gasteiger partial charge in [-0.05, 0) is 11.6 Å². The standard InChI is InChI=1S/C18H25N5O2/c24-18-10-16(13-23(18)4-3-22-5-7-25-8-6-22)19-11-14-1-2-15-12-20-21-17(15)9-14/h1-2,9,12,16,19H,3-8,10-11,13H2,(H,20,21)/t16-/m1/s1. The lowest BCUT2D eigenvalue weighted by molar-refractivity contribution is -0.128. The summed E-state index contributed by atoms with van der Waals surface area (Å²) in [5, 5.41) is 11.7. The van der Waals surface area contributed by atoms with Gasteiger partial charge in [0.25, 0.3) is 0 Å². The molecule has 2 aliphatic heterocycles. The highest BCUT2D eigenvalue weighted by atomic mass is 16.5. The summed E-state index contributed by atoms with van der Waals surface area (Å²) in [6.45, 7) is 6.88. The molecule has 2 aromatic rings. The van der Waals surface area contributed by atoms with Crippen molar-refractivity contribution >= 4 is 16.8 Å². The Labute approximate surface area is 147 Å². The van der Waals surface area contributed by atoms with E-state index in [1.165, 1.54) is 5.56 Å². The largest absolute Gasteiger partial charge is 0.379 e. The molecule has 1 aromatic carbocycles. The number of benzene rings is 1. The zero-order chi connectivity index (χ0) is 17.1. The Morgan fingerprint density at radius 2 is 2.16 bits per heavy atom. The van der Waals surface area contributed by atoms with Crippen LogP contribution in [0.1, 0.15) is 12.0 Å². The number of hydrogen-bond donors (Lipinski definition) is 2. The second-order valence-corrected chi connectivity index (χ2v) is 6.87. The Kier molecular flexibility index (Phi) is 4.96. The van der Waals surface area contributed by atoms with E-state index in [4.69, 9.17) is 4.74 Å². The van der Waals surface area contributed by atoms with Crippen LogP contribution in [-0.4, -0.2) is 77.9 Å². The van der Waals surface area contributed by atoms with Gasteiger partial charge in [-0.1, -0.05) is 12.1 Å². The van der Waals surface area contributed by atoms with Crippen molar-refractivity contribution < 1.29 is 9.53 Å². The number of likely N-dealkylation sites (tertiary alicyclic amines) is 1. The van der Waals surface area contributed by atoms with E-state index < -0.39 is 0 Å². The zero-order valence-electron chi connectivity index (χ0n) is 14.4. The third-order valence-corrected chi connectivity index (χ3v) is 5.11. The molecule has 2 N–H and O–H groups in total. The fourth-order valence-electron chi connectivity index (χ4n) is 3.57. The number of H-pyrrole nitrogens is 1. The Balaban J connectivity index is 1.25. The van der Waals surface area contributed by atoms with Crippen LogP contribution in [0.3, 0.4) is 0 Å². The molecule has 7 heteroatoms. The summed E-state index contributed by atoms with van der Waals surface area (Å²) in [6.07, 6.45) is 2.42. The van der Waals surface area contributed by atoms with Gasteiger partial charge in [-0.3, -0.25) is 14.8 Å². The molecule has 1 atom stereocenters. The molecule has 2 fully saturated rings. The minimum absolute atomic E-state index is 0.231. The maximum atomic E-state index is 12.2. The molecule has 1 aromatic heterocycles. The number of carbonyl (C=O) groups is 1. The van der Waals surface area contributed by atoms with Gasteiger partial charge in [-0.2, -0.15) is 5.10 Å². The van der Waals surface area contributed by atoms with Crippen LogP contribution < -0.4 is 5.32 Å². The topological polar surface area (TPSA) is 73.5 Å². The number of morpholine rings is 1. The number of hydrogen-bond acceptors (Lipinski definition) is 5. The third kappa shape index (κ3) is 4.00. The number of nitrogens with zero attached hydrogens (tertiary/aromatic N) is 3. The number of rotatable bonds is 6. The summed E-state index contributed by atoms with van der Waals surface area (Å²) >= 11 is 0. The third-order valence-electron chi connectivity index (χ3n) is 5.11. The van der Waals surface area contributed by atoms with Gasteiger partial charge in [0, 0.05) is 57.1 Å². The van der Waals surface area contributed by atoms with Gasteiger partial charge in [0.2, 0.25) is 5.91 Å². The highest BCUT2D eigenvalue weighted by Gasteiger charge is 2.29. The molecule has 1 amide bonds. The highest BCUT2D eigenvalue weighted by Crippen LogP contribution is 2.15. The van der Waals surface area contributed by atoms with Gasteiger partial charge in [-0.25, -0.2) is 0 Å². The molecule has 2 saturated heterocycles. The summed E-state index contributed by atoms with van der Waals surface area (Å²) in [6, 6.07) is 6.53. The van der Waals surface area contributed by atoms with E-state index in [1.54, 1.807) is 0 Å². The van der Waals surface area contributed by atoms with E-state index in [9.17, 15) is 4.79 Å². The van der Waals surface area contributed by atoms with Crippen molar-refractivity contribution in [3.8, 4) is 0 Å². The van der Waals surface area contributed by atoms with Gasteiger partial charge >= 0.3 is 0 Å². The van der Waals surface area contributed by atoms with Crippen LogP contribution in [0, 0.1) is 0 Å². The van der Waals surface area contributed by atoms with Crippen molar-refractivity contribution in [2.24, 2.45) is 0 Å². The first-order chi connectivity index (χ1) is 12.3. The molecule has 25 heavy (non-hydrogen) atoms. The predicted octanol–water partition coefficient (Wildman–Crippen LogP) is 0.586. The minimum atomic E-state index is 0.231. The van der Waals surface area contributed by atoms with Crippen molar-refractivity contribution in [2.75, 3.05) is 45.9 Å². The smallest absolute Gasteiger partial charge is 0.224 e. The van der Waals surface area contributed by atoms with Crippen molar-refractivity contribution in [3.05, 3.63) is 30.0 Å². The van der Waals surface area contributed by atoms with Crippen LogP contribution in [0.4, 0.5) is 0 Å². The van der Waals surface area contributed by atoms with Crippen molar-refractivity contribution in [3.63, 3.8) is 0 Å². The molecule has 7 nitrogen and oxygen atoms in total. The maximum absolute atomic E-state index is 12.2. The molecule has 0 spiro atoms. The number of aromatic nitrogens is 2. The van der Waals surface area contributed by atoms with E-state index >= 15 is 0 Å². The Morgan fingerprint density at radius 1 is 1.28 bits per heavy atom. The lowest BCUT2D eigenvalue weighted by Gasteiger charge is -2.28. The number of aromatic amines is 1. The number of fused-ring (bicyclic) bond motifs is 1. The second kappa shape index (κ2) is 7.51. The minimum Gasteiger partial charge on any atom is -0.379 e. The molecular weight excluding hydrogens is 318 g/mol. The first-order valence-corrected chi connectivity index (χ1v) is 9.01. The predicted molar refractivity (Wildman–Crippen MR) is 95.2 cm³/mol. The van der Waals surface area contributed by atoms with Gasteiger partial charge < -0.3 is 15.0 Å².